The minimum atomic E-state index is -0.905. The number of hydrogen-bond donors (Lipinski definition) is 3. The largest absolute Gasteiger partial charge is 0.504 e. The van der Waals surface area contributed by atoms with E-state index in [2.05, 4.69) is 5.32 Å². The fourth-order valence-electron chi connectivity index (χ4n) is 2.14. The number of phenolic OH excluding ortho intramolecular Hbond substituents is 1. The zero-order valence-electron chi connectivity index (χ0n) is 13.4. The lowest BCUT2D eigenvalue weighted by Crippen LogP contribution is -2.11. The Kier molecular flexibility index (Phi) is 6.20. The van der Waals surface area contributed by atoms with Crippen LogP contribution in [-0.4, -0.2) is 36.2 Å². The van der Waals surface area contributed by atoms with Crippen LogP contribution in [0.3, 0.4) is 0 Å². The normalized spacial score (nSPS) is 11.6. The number of methoxy groups -OCH3 is 2. The number of aromatic hydroxyl groups is 1. The summed E-state index contributed by atoms with van der Waals surface area (Å²) in [4.78, 5) is 10.9. The van der Waals surface area contributed by atoms with E-state index in [0.29, 0.717) is 11.5 Å². The molecular formula is C17H19NO5S. The molecule has 1 atom stereocenters. The smallest absolute Gasteiger partial charge is 0.313 e. The Morgan fingerprint density at radius 3 is 2.54 bits per heavy atom. The van der Waals surface area contributed by atoms with E-state index in [1.54, 1.807) is 19.2 Å². The first-order valence-corrected chi connectivity index (χ1v) is 8.20. The van der Waals surface area contributed by atoms with Crippen molar-refractivity contribution in [3.05, 3.63) is 48.0 Å². The number of para-hydroxylation sites is 2. The molecule has 128 valence electrons. The van der Waals surface area contributed by atoms with Gasteiger partial charge in [0.25, 0.3) is 0 Å². The Morgan fingerprint density at radius 1 is 1.17 bits per heavy atom. The van der Waals surface area contributed by atoms with Crippen LogP contribution in [0.25, 0.3) is 0 Å². The molecule has 0 unspecified atom stereocenters. The standard InChI is InChI=1S/C17H19NO5S/c1-22-14-6-4-3-5-12(14)18-17(24-10-16(20)21)11-7-8-13(19)15(9-11)23-2/h3-9,17-19H,10H2,1-2H3,(H,20,21)/t17-/m0/s1. The van der Waals surface area contributed by atoms with Gasteiger partial charge in [-0.15, -0.1) is 11.8 Å². The van der Waals surface area contributed by atoms with Crippen LogP contribution in [0, 0.1) is 0 Å². The van der Waals surface area contributed by atoms with E-state index in [0.717, 1.165) is 11.3 Å². The molecule has 0 fully saturated rings. The molecule has 2 rings (SSSR count). The number of benzene rings is 2. The molecule has 2 aromatic carbocycles. The van der Waals surface area contributed by atoms with E-state index in [9.17, 15) is 9.90 Å². The number of hydrogen-bond acceptors (Lipinski definition) is 6. The first-order valence-electron chi connectivity index (χ1n) is 7.15. The van der Waals surface area contributed by atoms with Crippen LogP contribution >= 0.6 is 11.8 Å². The minimum Gasteiger partial charge on any atom is -0.504 e. The Hall–Kier alpha value is -2.54. The molecule has 0 aromatic heterocycles. The van der Waals surface area contributed by atoms with Gasteiger partial charge < -0.3 is 25.0 Å². The maximum Gasteiger partial charge on any atom is 0.313 e. The van der Waals surface area contributed by atoms with Crippen molar-refractivity contribution in [3.8, 4) is 17.2 Å². The van der Waals surface area contributed by atoms with Crippen molar-refractivity contribution in [2.45, 2.75) is 5.37 Å². The molecule has 0 aliphatic carbocycles. The van der Waals surface area contributed by atoms with Crippen molar-refractivity contribution < 1.29 is 24.5 Å². The fraction of sp³-hybridized carbons (Fsp3) is 0.235. The van der Waals surface area contributed by atoms with Gasteiger partial charge in [-0.1, -0.05) is 18.2 Å². The van der Waals surface area contributed by atoms with Crippen molar-refractivity contribution >= 4 is 23.4 Å². The molecule has 0 aliphatic rings. The van der Waals surface area contributed by atoms with Crippen molar-refractivity contribution in [2.24, 2.45) is 0 Å². The third-order valence-electron chi connectivity index (χ3n) is 3.27. The lowest BCUT2D eigenvalue weighted by atomic mass is 10.2. The number of aliphatic carboxylic acids is 1. The highest BCUT2D eigenvalue weighted by molar-refractivity contribution is 8.00. The summed E-state index contributed by atoms with van der Waals surface area (Å²) in [5, 5.41) is 21.6. The van der Waals surface area contributed by atoms with E-state index in [-0.39, 0.29) is 16.9 Å². The summed E-state index contributed by atoms with van der Waals surface area (Å²) >= 11 is 1.22. The molecule has 0 spiro atoms. The number of carboxylic acid groups (broad SMARTS) is 1. The third-order valence-corrected chi connectivity index (χ3v) is 4.41. The number of anilines is 1. The molecule has 0 aliphatic heterocycles. The highest BCUT2D eigenvalue weighted by Crippen LogP contribution is 2.37. The summed E-state index contributed by atoms with van der Waals surface area (Å²) in [5.41, 5.74) is 1.52. The van der Waals surface area contributed by atoms with E-state index >= 15 is 0 Å². The summed E-state index contributed by atoms with van der Waals surface area (Å²) in [6, 6.07) is 12.3. The van der Waals surface area contributed by atoms with Crippen molar-refractivity contribution in [1.29, 1.82) is 0 Å². The van der Waals surface area contributed by atoms with Crippen molar-refractivity contribution in [3.63, 3.8) is 0 Å². The van der Waals surface area contributed by atoms with Gasteiger partial charge in [0, 0.05) is 0 Å². The monoisotopic (exact) mass is 349 g/mol. The third kappa shape index (κ3) is 4.48. The zero-order valence-corrected chi connectivity index (χ0v) is 14.2. The predicted octanol–water partition coefficient (Wildman–Crippen LogP) is 3.34. The number of nitrogens with one attached hydrogen (secondary N) is 1. The molecule has 3 N–H and O–H groups in total. The average molecular weight is 349 g/mol. The lowest BCUT2D eigenvalue weighted by Gasteiger charge is -2.21. The highest BCUT2D eigenvalue weighted by atomic mass is 32.2. The SMILES string of the molecule is COc1cc([C@@H](Nc2ccccc2OC)SCC(=O)O)ccc1O. The zero-order chi connectivity index (χ0) is 17.5. The number of ether oxygens (including phenoxy) is 2. The summed E-state index contributed by atoms with van der Waals surface area (Å²) in [6.45, 7) is 0. The molecule has 0 saturated carbocycles. The topological polar surface area (TPSA) is 88.0 Å². The van der Waals surface area contributed by atoms with Gasteiger partial charge in [0.2, 0.25) is 0 Å². The molecule has 24 heavy (non-hydrogen) atoms. The predicted molar refractivity (Wildman–Crippen MR) is 94.1 cm³/mol. The average Bonchev–Trinajstić information content (AvgIpc) is 2.59. The van der Waals surface area contributed by atoms with Gasteiger partial charge in [-0.05, 0) is 29.8 Å². The van der Waals surface area contributed by atoms with E-state index in [1.807, 2.05) is 24.3 Å². The summed E-state index contributed by atoms with van der Waals surface area (Å²) in [5.74, 6) is 0.0354. The quantitative estimate of drug-likeness (QED) is 0.630. The molecule has 7 heteroatoms. The van der Waals surface area contributed by atoms with E-state index in [1.165, 1.54) is 24.9 Å². The maximum absolute atomic E-state index is 10.9. The van der Waals surface area contributed by atoms with Gasteiger partial charge in [-0.3, -0.25) is 4.79 Å². The fourth-order valence-corrected chi connectivity index (χ4v) is 3.00. The van der Waals surface area contributed by atoms with Gasteiger partial charge >= 0.3 is 5.97 Å². The Labute approximate surface area is 144 Å². The van der Waals surface area contributed by atoms with Crippen LogP contribution in [0.5, 0.6) is 17.2 Å². The Balaban J connectivity index is 2.32. The molecular weight excluding hydrogens is 330 g/mol. The van der Waals surface area contributed by atoms with Crippen LogP contribution in [0.1, 0.15) is 10.9 Å². The Bertz CT molecular complexity index is 707. The van der Waals surface area contributed by atoms with Gasteiger partial charge in [-0.2, -0.15) is 0 Å². The first kappa shape index (κ1) is 17.8. The molecule has 0 amide bonds. The number of rotatable bonds is 8. The number of carbonyl (C=O) groups is 1. The van der Waals surface area contributed by atoms with Crippen LogP contribution in [0.2, 0.25) is 0 Å². The summed E-state index contributed by atoms with van der Waals surface area (Å²) < 4.78 is 10.4. The van der Waals surface area contributed by atoms with E-state index < -0.39 is 5.97 Å². The molecule has 2 aromatic rings. The molecule has 6 nitrogen and oxygen atoms in total. The minimum absolute atomic E-state index is 0.0283. The lowest BCUT2D eigenvalue weighted by molar-refractivity contribution is -0.133. The maximum atomic E-state index is 10.9. The number of carboxylic acids is 1. The first-order chi connectivity index (χ1) is 11.5. The highest BCUT2D eigenvalue weighted by Gasteiger charge is 2.17. The molecule has 0 bridgehead atoms. The van der Waals surface area contributed by atoms with Gasteiger partial charge in [0.1, 0.15) is 5.75 Å². The van der Waals surface area contributed by atoms with Gasteiger partial charge in [-0.25, -0.2) is 0 Å². The van der Waals surface area contributed by atoms with Crippen molar-refractivity contribution in [1.82, 2.24) is 0 Å². The number of thioether (sulfide) groups is 1. The summed E-state index contributed by atoms with van der Waals surface area (Å²) in [7, 11) is 3.04. The second kappa shape index (κ2) is 8.35. The van der Waals surface area contributed by atoms with Crippen LogP contribution in [0.15, 0.2) is 42.5 Å². The number of phenols is 1. The second-order valence-corrected chi connectivity index (χ2v) is 5.95. The van der Waals surface area contributed by atoms with Crippen LogP contribution in [0.4, 0.5) is 5.69 Å². The Morgan fingerprint density at radius 2 is 1.88 bits per heavy atom. The van der Waals surface area contributed by atoms with Crippen LogP contribution < -0.4 is 14.8 Å². The van der Waals surface area contributed by atoms with E-state index in [4.69, 9.17) is 14.6 Å². The van der Waals surface area contributed by atoms with Gasteiger partial charge in [0.05, 0.1) is 31.0 Å². The summed E-state index contributed by atoms with van der Waals surface area (Å²) in [6.07, 6.45) is 0. The molecule has 0 radical (unpaired) electrons. The molecule has 0 saturated heterocycles. The second-order valence-electron chi connectivity index (χ2n) is 4.86. The van der Waals surface area contributed by atoms with Crippen LogP contribution in [-0.2, 0) is 4.79 Å². The van der Waals surface area contributed by atoms with Gasteiger partial charge in [0.15, 0.2) is 11.5 Å². The molecule has 0 heterocycles. The van der Waals surface area contributed by atoms with Crippen molar-refractivity contribution in [2.75, 3.05) is 25.3 Å².